The Bertz CT molecular complexity index is 537. The van der Waals surface area contributed by atoms with Gasteiger partial charge >= 0.3 is 0 Å². The van der Waals surface area contributed by atoms with Crippen LogP contribution in [-0.4, -0.2) is 12.1 Å². The highest BCUT2D eigenvalue weighted by molar-refractivity contribution is 5.28. The summed E-state index contributed by atoms with van der Waals surface area (Å²) in [5, 5.41) is 0. The van der Waals surface area contributed by atoms with Gasteiger partial charge in [0.05, 0.1) is 7.11 Å². The van der Waals surface area contributed by atoms with Crippen LogP contribution in [0.2, 0.25) is 0 Å². The minimum absolute atomic E-state index is 0.00185. The van der Waals surface area contributed by atoms with E-state index >= 15 is 0 Å². The zero-order valence-electron chi connectivity index (χ0n) is 12.2. The molecule has 2 aromatic rings. The Balaban J connectivity index is 2.06. The SMILES string of the molecule is CCCc1cccc(C(N)Cc2ccc(OC)nc2)c1. The van der Waals surface area contributed by atoms with Crippen LogP contribution in [0.5, 0.6) is 5.88 Å². The van der Waals surface area contributed by atoms with E-state index in [0.717, 1.165) is 24.8 Å². The molecule has 3 nitrogen and oxygen atoms in total. The summed E-state index contributed by atoms with van der Waals surface area (Å²) in [5.41, 5.74) is 9.97. The van der Waals surface area contributed by atoms with Gasteiger partial charge < -0.3 is 10.5 Å². The Morgan fingerprint density at radius 3 is 2.70 bits per heavy atom. The van der Waals surface area contributed by atoms with Crippen molar-refractivity contribution in [3.63, 3.8) is 0 Å². The average Bonchev–Trinajstić information content (AvgIpc) is 2.48. The van der Waals surface area contributed by atoms with Crippen LogP contribution in [-0.2, 0) is 12.8 Å². The second-order valence-electron chi connectivity index (χ2n) is 5.01. The number of hydrogen-bond acceptors (Lipinski definition) is 3. The van der Waals surface area contributed by atoms with Crippen molar-refractivity contribution in [3.8, 4) is 5.88 Å². The van der Waals surface area contributed by atoms with E-state index in [1.54, 1.807) is 7.11 Å². The number of benzene rings is 1. The summed E-state index contributed by atoms with van der Waals surface area (Å²) < 4.78 is 5.06. The van der Waals surface area contributed by atoms with Gasteiger partial charge in [-0.25, -0.2) is 4.98 Å². The fourth-order valence-electron chi connectivity index (χ4n) is 2.29. The minimum Gasteiger partial charge on any atom is -0.481 e. The Hall–Kier alpha value is -1.87. The maximum atomic E-state index is 6.30. The van der Waals surface area contributed by atoms with Crippen molar-refractivity contribution in [2.24, 2.45) is 5.73 Å². The molecule has 1 aromatic heterocycles. The summed E-state index contributed by atoms with van der Waals surface area (Å²) in [5.74, 6) is 0.632. The quantitative estimate of drug-likeness (QED) is 0.876. The number of nitrogens with two attached hydrogens (primary N) is 1. The third kappa shape index (κ3) is 3.81. The molecule has 0 bridgehead atoms. The maximum absolute atomic E-state index is 6.30. The molecule has 1 unspecified atom stereocenters. The number of pyridine rings is 1. The molecule has 2 rings (SSSR count). The molecular formula is C17H22N2O. The highest BCUT2D eigenvalue weighted by Crippen LogP contribution is 2.18. The van der Waals surface area contributed by atoms with Gasteiger partial charge in [0.15, 0.2) is 0 Å². The molecule has 20 heavy (non-hydrogen) atoms. The van der Waals surface area contributed by atoms with E-state index in [9.17, 15) is 0 Å². The lowest BCUT2D eigenvalue weighted by atomic mass is 9.98. The fraction of sp³-hybridized carbons (Fsp3) is 0.353. The number of methoxy groups -OCH3 is 1. The molecule has 0 spiro atoms. The standard InChI is InChI=1S/C17H22N2O/c1-3-5-13-6-4-7-15(10-13)16(18)11-14-8-9-17(20-2)19-12-14/h4,6-10,12,16H,3,5,11,18H2,1-2H3. The van der Waals surface area contributed by atoms with Gasteiger partial charge in [-0.15, -0.1) is 0 Å². The molecule has 0 saturated carbocycles. The van der Waals surface area contributed by atoms with E-state index in [0.29, 0.717) is 5.88 Å². The molecule has 1 atom stereocenters. The number of aromatic nitrogens is 1. The summed E-state index contributed by atoms with van der Waals surface area (Å²) in [6.07, 6.45) is 4.87. The van der Waals surface area contributed by atoms with Gasteiger partial charge in [0.25, 0.3) is 0 Å². The van der Waals surface area contributed by atoms with Gasteiger partial charge in [-0.3, -0.25) is 0 Å². The van der Waals surface area contributed by atoms with E-state index in [-0.39, 0.29) is 6.04 Å². The molecule has 1 heterocycles. The largest absolute Gasteiger partial charge is 0.481 e. The van der Waals surface area contributed by atoms with E-state index in [4.69, 9.17) is 10.5 Å². The molecule has 3 heteroatoms. The van der Waals surface area contributed by atoms with Gasteiger partial charge in [0.1, 0.15) is 0 Å². The maximum Gasteiger partial charge on any atom is 0.212 e. The third-order valence-electron chi connectivity index (χ3n) is 3.38. The van der Waals surface area contributed by atoms with Gasteiger partial charge in [0.2, 0.25) is 5.88 Å². The number of nitrogens with zero attached hydrogens (tertiary/aromatic N) is 1. The van der Waals surface area contributed by atoms with Crippen molar-refractivity contribution in [1.29, 1.82) is 0 Å². The smallest absolute Gasteiger partial charge is 0.212 e. The average molecular weight is 270 g/mol. The zero-order chi connectivity index (χ0) is 14.4. The van der Waals surface area contributed by atoms with Crippen LogP contribution in [0.4, 0.5) is 0 Å². The molecule has 0 radical (unpaired) electrons. The van der Waals surface area contributed by atoms with Gasteiger partial charge in [-0.05, 0) is 29.5 Å². The van der Waals surface area contributed by atoms with E-state index in [1.807, 2.05) is 18.3 Å². The molecule has 0 aliphatic carbocycles. The van der Waals surface area contributed by atoms with Crippen LogP contribution in [0.25, 0.3) is 0 Å². The summed E-state index contributed by atoms with van der Waals surface area (Å²) >= 11 is 0. The first-order valence-electron chi connectivity index (χ1n) is 7.06. The van der Waals surface area contributed by atoms with Crippen LogP contribution in [0.15, 0.2) is 42.6 Å². The van der Waals surface area contributed by atoms with Crippen molar-refractivity contribution in [3.05, 3.63) is 59.3 Å². The van der Waals surface area contributed by atoms with Crippen molar-refractivity contribution in [2.45, 2.75) is 32.2 Å². The molecule has 0 aliphatic rings. The Morgan fingerprint density at radius 1 is 1.20 bits per heavy atom. The second-order valence-corrected chi connectivity index (χ2v) is 5.01. The second kappa shape index (κ2) is 7.06. The molecule has 106 valence electrons. The number of ether oxygens (including phenoxy) is 1. The molecule has 0 aliphatic heterocycles. The summed E-state index contributed by atoms with van der Waals surface area (Å²) in [7, 11) is 1.62. The highest BCUT2D eigenvalue weighted by atomic mass is 16.5. The van der Waals surface area contributed by atoms with Gasteiger partial charge in [-0.2, -0.15) is 0 Å². The number of rotatable bonds is 6. The normalized spacial score (nSPS) is 12.2. The van der Waals surface area contributed by atoms with Crippen molar-refractivity contribution in [1.82, 2.24) is 4.98 Å². The molecule has 0 fully saturated rings. The van der Waals surface area contributed by atoms with Gasteiger partial charge in [-0.1, -0.05) is 43.7 Å². The van der Waals surface area contributed by atoms with Crippen LogP contribution in [0.1, 0.15) is 36.1 Å². The predicted octanol–water partition coefficient (Wildman–Crippen LogP) is 3.29. The van der Waals surface area contributed by atoms with Crippen LogP contribution in [0.3, 0.4) is 0 Å². The summed E-state index contributed by atoms with van der Waals surface area (Å²) in [4.78, 5) is 4.21. The van der Waals surface area contributed by atoms with Crippen LogP contribution >= 0.6 is 0 Å². The minimum atomic E-state index is 0.00185. The molecular weight excluding hydrogens is 248 g/mol. The van der Waals surface area contributed by atoms with E-state index in [1.165, 1.54) is 11.1 Å². The van der Waals surface area contributed by atoms with Crippen LogP contribution < -0.4 is 10.5 Å². The number of hydrogen-bond donors (Lipinski definition) is 1. The first-order chi connectivity index (χ1) is 9.72. The first-order valence-corrected chi connectivity index (χ1v) is 7.06. The lowest BCUT2D eigenvalue weighted by molar-refractivity contribution is 0.397. The molecule has 0 amide bonds. The summed E-state index contributed by atoms with van der Waals surface area (Å²) in [6.45, 7) is 2.19. The predicted molar refractivity (Wildman–Crippen MR) is 81.9 cm³/mol. The van der Waals surface area contributed by atoms with Gasteiger partial charge in [0, 0.05) is 18.3 Å². The monoisotopic (exact) mass is 270 g/mol. The zero-order valence-corrected chi connectivity index (χ0v) is 12.2. The lowest BCUT2D eigenvalue weighted by Crippen LogP contribution is -2.13. The molecule has 1 aromatic carbocycles. The van der Waals surface area contributed by atoms with Crippen molar-refractivity contribution in [2.75, 3.05) is 7.11 Å². The highest BCUT2D eigenvalue weighted by Gasteiger charge is 2.08. The Labute approximate surface area is 120 Å². The van der Waals surface area contributed by atoms with E-state index < -0.39 is 0 Å². The molecule has 2 N–H and O–H groups in total. The Morgan fingerprint density at radius 2 is 2.05 bits per heavy atom. The lowest BCUT2D eigenvalue weighted by Gasteiger charge is -2.13. The first kappa shape index (κ1) is 14.5. The van der Waals surface area contributed by atoms with Crippen LogP contribution in [0, 0.1) is 0 Å². The summed E-state index contributed by atoms with van der Waals surface area (Å²) in [6, 6.07) is 12.5. The Kier molecular flexibility index (Phi) is 5.13. The molecule has 0 saturated heterocycles. The topological polar surface area (TPSA) is 48.1 Å². The number of aryl methyl sites for hydroxylation is 1. The third-order valence-corrected chi connectivity index (χ3v) is 3.38. The van der Waals surface area contributed by atoms with E-state index in [2.05, 4.69) is 36.2 Å². The van der Waals surface area contributed by atoms with Crippen molar-refractivity contribution < 1.29 is 4.74 Å². The van der Waals surface area contributed by atoms with Crippen molar-refractivity contribution >= 4 is 0 Å². The fourth-order valence-corrected chi connectivity index (χ4v) is 2.29.